The molecule has 0 atom stereocenters. The summed E-state index contributed by atoms with van der Waals surface area (Å²) in [6.45, 7) is 6.24. The number of nitrogens with zero attached hydrogens (tertiary/aromatic N) is 1. The maximum absolute atomic E-state index is 12.4. The first-order valence-corrected chi connectivity index (χ1v) is 6.97. The number of aryl methyl sites for hydroxylation is 1. The Labute approximate surface area is 115 Å². The molecule has 2 N–H and O–H groups in total. The molecular weight excluding hydrogens is 238 g/mol. The van der Waals surface area contributed by atoms with Crippen molar-refractivity contribution in [1.29, 1.82) is 0 Å². The topological polar surface area (TPSA) is 54.0 Å². The second-order valence-corrected chi connectivity index (χ2v) is 5.79. The lowest BCUT2D eigenvalue weighted by Gasteiger charge is -2.26. The fourth-order valence-electron chi connectivity index (χ4n) is 2.30. The fraction of sp³-hybridized carbons (Fsp3) is 0.600. The van der Waals surface area contributed by atoms with E-state index >= 15 is 0 Å². The Hall–Kier alpha value is -1.58. The minimum Gasteiger partial charge on any atom is -0.373 e. The van der Waals surface area contributed by atoms with E-state index in [1.54, 1.807) is 6.07 Å². The molecule has 0 spiro atoms. The molecule has 19 heavy (non-hydrogen) atoms. The number of hydrogen-bond acceptors (Lipinski definition) is 3. The molecule has 0 aliphatic heterocycles. The van der Waals surface area contributed by atoms with Crippen LogP contribution in [-0.4, -0.2) is 23.5 Å². The van der Waals surface area contributed by atoms with Crippen LogP contribution in [0.15, 0.2) is 12.1 Å². The van der Waals surface area contributed by atoms with Gasteiger partial charge in [0.15, 0.2) is 0 Å². The Morgan fingerprint density at radius 3 is 2.63 bits per heavy atom. The largest absolute Gasteiger partial charge is 0.373 e. The van der Waals surface area contributed by atoms with Crippen molar-refractivity contribution in [3.05, 3.63) is 23.4 Å². The molecule has 1 aromatic heterocycles. The average molecular weight is 261 g/mol. The summed E-state index contributed by atoms with van der Waals surface area (Å²) in [4.78, 5) is 16.8. The van der Waals surface area contributed by atoms with Crippen LogP contribution in [0.5, 0.6) is 0 Å². The SMILES string of the molecule is CCc1cc(C(=O)NC(C)(C)C2CC2)cc(NC)n1. The number of aromatic nitrogens is 1. The number of amides is 1. The van der Waals surface area contributed by atoms with Crippen LogP contribution in [0.2, 0.25) is 0 Å². The first-order chi connectivity index (χ1) is 8.96. The van der Waals surface area contributed by atoms with Crippen LogP contribution in [0.25, 0.3) is 0 Å². The molecule has 1 aliphatic carbocycles. The number of hydrogen-bond donors (Lipinski definition) is 2. The number of pyridine rings is 1. The summed E-state index contributed by atoms with van der Waals surface area (Å²) in [5.41, 5.74) is 1.50. The molecule has 4 nitrogen and oxygen atoms in total. The van der Waals surface area contributed by atoms with Gasteiger partial charge in [-0.25, -0.2) is 4.98 Å². The average Bonchev–Trinajstić information content (AvgIpc) is 3.22. The van der Waals surface area contributed by atoms with Gasteiger partial charge in [-0.2, -0.15) is 0 Å². The van der Waals surface area contributed by atoms with Crippen LogP contribution in [0.3, 0.4) is 0 Å². The highest BCUT2D eigenvalue weighted by atomic mass is 16.1. The highest BCUT2D eigenvalue weighted by Crippen LogP contribution is 2.39. The molecule has 1 aromatic rings. The van der Waals surface area contributed by atoms with Gasteiger partial charge in [0.25, 0.3) is 5.91 Å². The van der Waals surface area contributed by atoms with E-state index in [2.05, 4.69) is 29.5 Å². The van der Waals surface area contributed by atoms with Crippen molar-refractivity contribution >= 4 is 11.7 Å². The van der Waals surface area contributed by atoms with Crippen molar-refractivity contribution in [2.24, 2.45) is 5.92 Å². The highest BCUT2D eigenvalue weighted by Gasteiger charge is 2.38. The number of carbonyl (C=O) groups excluding carboxylic acids is 1. The third-order valence-corrected chi connectivity index (χ3v) is 3.79. The van der Waals surface area contributed by atoms with Gasteiger partial charge in [0.05, 0.1) is 0 Å². The lowest BCUT2D eigenvalue weighted by Crippen LogP contribution is -2.45. The lowest BCUT2D eigenvalue weighted by molar-refractivity contribution is 0.0903. The van der Waals surface area contributed by atoms with Crippen LogP contribution >= 0.6 is 0 Å². The van der Waals surface area contributed by atoms with Gasteiger partial charge in [0.2, 0.25) is 0 Å². The van der Waals surface area contributed by atoms with Crippen molar-refractivity contribution in [3.63, 3.8) is 0 Å². The van der Waals surface area contributed by atoms with E-state index in [0.29, 0.717) is 11.5 Å². The molecule has 2 rings (SSSR count). The molecule has 104 valence electrons. The molecule has 1 amide bonds. The maximum atomic E-state index is 12.4. The summed E-state index contributed by atoms with van der Waals surface area (Å²) in [5, 5.41) is 6.15. The summed E-state index contributed by atoms with van der Waals surface area (Å²) >= 11 is 0. The molecule has 1 aliphatic rings. The van der Waals surface area contributed by atoms with Crippen molar-refractivity contribution in [3.8, 4) is 0 Å². The zero-order chi connectivity index (χ0) is 14.0. The second kappa shape index (κ2) is 5.19. The highest BCUT2D eigenvalue weighted by molar-refractivity contribution is 5.95. The van der Waals surface area contributed by atoms with Gasteiger partial charge in [0, 0.05) is 23.8 Å². The van der Waals surface area contributed by atoms with Crippen LogP contribution in [0.4, 0.5) is 5.82 Å². The number of carbonyl (C=O) groups is 1. The van der Waals surface area contributed by atoms with Crippen LogP contribution in [0.1, 0.15) is 49.7 Å². The molecule has 0 saturated heterocycles. The van der Waals surface area contributed by atoms with E-state index < -0.39 is 0 Å². The van der Waals surface area contributed by atoms with Gasteiger partial charge in [0.1, 0.15) is 5.82 Å². The number of rotatable bonds is 5. The van der Waals surface area contributed by atoms with Gasteiger partial charge in [-0.05, 0) is 51.2 Å². The van der Waals surface area contributed by atoms with Gasteiger partial charge < -0.3 is 10.6 Å². The van der Waals surface area contributed by atoms with E-state index in [0.717, 1.165) is 17.9 Å². The van der Waals surface area contributed by atoms with Crippen LogP contribution in [-0.2, 0) is 6.42 Å². The van der Waals surface area contributed by atoms with Crippen LogP contribution < -0.4 is 10.6 Å². The summed E-state index contributed by atoms with van der Waals surface area (Å²) in [7, 11) is 1.82. The van der Waals surface area contributed by atoms with E-state index in [1.807, 2.05) is 20.0 Å². The van der Waals surface area contributed by atoms with Gasteiger partial charge in [-0.1, -0.05) is 6.92 Å². The smallest absolute Gasteiger partial charge is 0.251 e. The van der Waals surface area contributed by atoms with E-state index in [-0.39, 0.29) is 11.4 Å². The zero-order valence-corrected chi connectivity index (χ0v) is 12.2. The van der Waals surface area contributed by atoms with Crippen LogP contribution in [0, 0.1) is 5.92 Å². The predicted molar refractivity (Wildman–Crippen MR) is 77.4 cm³/mol. The van der Waals surface area contributed by atoms with E-state index in [4.69, 9.17) is 0 Å². The Morgan fingerprint density at radius 1 is 1.42 bits per heavy atom. The molecule has 1 saturated carbocycles. The molecule has 4 heteroatoms. The summed E-state index contributed by atoms with van der Waals surface area (Å²) < 4.78 is 0. The van der Waals surface area contributed by atoms with Crippen molar-refractivity contribution in [2.45, 2.75) is 45.6 Å². The third kappa shape index (κ3) is 3.25. The second-order valence-electron chi connectivity index (χ2n) is 5.79. The molecular formula is C15H23N3O. The Kier molecular flexibility index (Phi) is 3.78. The van der Waals surface area contributed by atoms with Crippen molar-refractivity contribution in [2.75, 3.05) is 12.4 Å². The van der Waals surface area contributed by atoms with Crippen molar-refractivity contribution < 1.29 is 4.79 Å². The first kappa shape index (κ1) is 13.8. The third-order valence-electron chi connectivity index (χ3n) is 3.79. The fourth-order valence-corrected chi connectivity index (χ4v) is 2.30. The monoisotopic (exact) mass is 261 g/mol. The normalized spacial score (nSPS) is 15.2. The minimum absolute atomic E-state index is 0.00880. The molecule has 1 fully saturated rings. The standard InChI is InChI=1S/C15H23N3O/c1-5-12-8-10(9-13(16-4)17-12)14(19)18-15(2,3)11-6-7-11/h8-9,11H,5-7H2,1-4H3,(H,16,17)(H,18,19). The number of anilines is 1. The van der Waals surface area contributed by atoms with Crippen molar-refractivity contribution in [1.82, 2.24) is 10.3 Å². The quantitative estimate of drug-likeness (QED) is 0.856. The predicted octanol–water partition coefficient (Wildman–Crippen LogP) is 2.60. The lowest BCUT2D eigenvalue weighted by atomic mass is 9.98. The maximum Gasteiger partial charge on any atom is 0.251 e. The minimum atomic E-state index is -0.119. The van der Waals surface area contributed by atoms with Gasteiger partial charge >= 0.3 is 0 Å². The van der Waals surface area contributed by atoms with E-state index in [9.17, 15) is 4.79 Å². The summed E-state index contributed by atoms with van der Waals surface area (Å²) in [6.07, 6.45) is 3.25. The first-order valence-electron chi connectivity index (χ1n) is 6.97. The molecule has 0 radical (unpaired) electrons. The Balaban J connectivity index is 2.18. The summed E-state index contributed by atoms with van der Waals surface area (Å²) in [6, 6.07) is 3.68. The number of nitrogens with one attached hydrogen (secondary N) is 2. The zero-order valence-electron chi connectivity index (χ0n) is 12.2. The molecule has 0 aromatic carbocycles. The van der Waals surface area contributed by atoms with E-state index in [1.165, 1.54) is 12.8 Å². The molecule has 0 bridgehead atoms. The molecule has 0 unspecified atom stereocenters. The Morgan fingerprint density at radius 2 is 2.11 bits per heavy atom. The van der Waals surface area contributed by atoms with Gasteiger partial charge in [-0.3, -0.25) is 4.79 Å². The Bertz CT molecular complexity index is 456. The van der Waals surface area contributed by atoms with Gasteiger partial charge in [-0.15, -0.1) is 0 Å². The summed E-state index contributed by atoms with van der Waals surface area (Å²) in [5.74, 6) is 1.35. The molecule has 1 heterocycles.